The van der Waals surface area contributed by atoms with Crippen LogP contribution in [0.1, 0.15) is 11.6 Å². The second-order valence-corrected chi connectivity index (χ2v) is 2.61. The number of aliphatic hydroxyl groups excluding tert-OH is 1. The van der Waals surface area contributed by atoms with E-state index in [1.165, 1.54) is 0 Å². The smallest absolute Gasteiger partial charge is 0.134 e. The summed E-state index contributed by atoms with van der Waals surface area (Å²) >= 11 is 0. The van der Waals surface area contributed by atoms with Crippen LogP contribution in [0.3, 0.4) is 0 Å². The van der Waals surface area contributed by atoms with Crippen LogP contribution >= 0.6 is 12.4 Å². The van der Waals surface area contributed by atoms with Gasteiger partial charge in [0.1, 0.15) is 17.4 Å². The Labute approximate surface area is 85.6 Å². The molecule has 0 saturated heterocycles. The highest BCUT2D eigenvalue weighted by Gasteiger charge is 2.16. The third-order valence-corrected chi connectivity index (χ3v) is 1.64. The minimum Gasteiger partial charge on any atom is -0.507 e. The zero-order valence-electron chi connectivity index (χ0n) is 7.08. The molecule has 0 amide bonds. The molecular weight excluding hydrogens is 216 g/mol. The van der Waals surface area contributed by atoms with E-state index in [9.17, 15) is 8.78 Å². The standard InChI is InChI=1S/C8H9F2NO2.ClH/c9-4-1-5(10)8(6(11)3-12)7(13)2-4;/h1-2,6,12-13H,3,11H2;1H/t6-;/m1./s1. The molecule has 1 rings (SSSR count). The predicted octanol–water partition coefficient (Wildman–Crippen LogP) is 1.08. The molecule has 0 fully saturated rings. The molecular formula is C8H10ClF2NO2. The van der Waals surface area contributed by atoms with Crippen molar-refractivity contribution in [1.29, 1.82) is 0 Å². The number of hydrogen-bond donors (Lipinski definition) is 3. The van der Waals surface area contributed by atoms with Crippen molar-refractivity contribution in [1.82, 2.24) is 0 Å². The molecule has 0 heterocycles. The van der Waals surface area contributed by atoms with Crippen molar-refractivity contribution in [3.05, 3.63) is 29.3 Å². The Balaban J connectivity index is 0.00000169. The lowest BCUT2D eigenvalue weighted by atomic mass is 10.1. The lowest BCUT2D eigenvalue weighted by Gasteiger charge is -2.11. The summed E-state index contributed by atoms with van der Waals surface area (Å²) < 4.78 is 25.4. The van der Waals surface area contributed by atoms with Crippen LogP contribution in [0.15, 0.2) is 12.1 Å². The van der Waals surface area contributed by atoms with Crippen molar-refractivity contribution in [2.45, 2.75) is 6.04 Å². The van der Waals surface area contributed by atoms with Crippen LogP contribution in [0.2, 0.25) is 0 Å². The third-order valence-electron chi connectivity index (χ3n) is 1.64. The number of hydrogen-bond acceptors (Lipinski definition) is 3. The highest BCUT2D eigenvalue weighted by atomic mass is 35.5. The number of phenols is 1. The van der Waals surface area contributed by atoms with Crippen molar-refractivity contribution < 1.29 is 19.0 Å². The minimum absolute atomic E-state index is 0. The van der Waals surface area contributed by atoms with E-state index < -0.39 is 30.0 Å². The van der Waals surface area contributed by atoms with Crippen LogP contribution < -0.4 is 5.73 Å². The molecule has 0 aliphatic heterocycles. The molecule has 0 aliphatic rings. The van der Waals surface area contributed by atoms with Gasteiger partial charge in [0.25, 0.3) is 0 Å². The van der Waals surface area contributed by atoms with Crippen molar-refractivity contribution in [3.8, 4) is 5.75 Å². The highest BCUT2D eigenvalue weighted by molar-refractivity contribution is 5.85. The molecule has 0 aromatic heterocycles. The van der Waals surface area contributed by atoms with Gasteiger partial charge in [-0.2, -0.15) is 0 Å². The van der Waals surface area contributed by atoms with Crippen molar-refractivity contribution in [2.75, 3.05) is 6.61 Å². The molecule has 1 aromatic rings. The molecule has 1 atom stereocenters. The number of nitrogens with two attached hydrogens (primary N) is 1. The van der Waals surface area contributed by atoms with Gasteiger partial charge in [0, 0.05) is 17.7 Å². The Bertz CT molecular complexity index is 299. The summed E-state index contributed by atoms with van der Waals surface area (Å²) in [5.74, 6) is -2.43. The first kappa shape index (κ1) is 13.1. The summed E-state index contributed by atoms with van der Waals surface area (Å²) in [5, 5.41) is 17.7. The Morgan fingerprint density at radius 2 is 1.93 bits per heavy atom. The monoisotopic (exact) mass is 225 g/mol. The Morgan fingerprint density at radius 3 is 2.36 bits per heavy atom. The number of aromatic hydroxyl groups is 1. The highest BCUT2D eigenvalue weighted by Crippen LogP contribution is 2.26. The van der Waals surface area contributed by atoms with Crippen LogP contribution in [-0.4, -0.2) is 16.8 Å². The molecule has 0 aliphatic carbocycles. The quantitative estimate of drug-likeness (QED) is 0.706. The summed E-state index contributed by atoms with van der Waals surface area (Å²) in [6, 6.07) is 0.305. The van der Waals surface area contributed by atoms with E-state index in [4.69, 9.17) is 15.9 Å². The fourth-order valence-corrected chi connectivity index (χ4v) is 1.03. The summed E-state index contributed by atoms with van der Waals surface area (Å²) in [6.45, 7) is -0.518. The number of aliphatic hydroxyl groups is 1. The SMILES string of the molecule is Cl.N[C@H](CO)c1c(O)cc(F)cc1F. The lowest BCUT2D eigenvalue weighted by Crippen LogP contribution is -2.16. The largest absolute Gasteiger partial charge is 0.507 e. The first-order valence-corrected chi connectivity index (χ1v) is 3.60. The summed E-state index contributed by atoms with van der Waals surface area (Å²) in [4.78, 5) is 0. The Kier molecular flexibility index (Phi) is 4.76. The average molecular weight is 226 g/mol. The van der Waals surface area contributed by atoms with Crippen LogP contribution in [0, 0.1) is 11.6 Å². The van der Waals surface area contributed by atoms with E-state index in [-0.39, 0.29) is 18.0 Å². The molecule has 6 heteroatoms. The fraction of sp³-hybridized carbons (Fsp3) is 0.250. The molecule has 0 saturated carbocycles. The summed E-state index contributed by atoms with van der Waals surface area (Å²) in [7, 11) is 0. The van der Waals surface area contributed by atoms with E-state index in [0.717, 1.165) is 6.07 Å². The van der Waals surface area contributed by atoms with Crippen molar-refractivity contribution >= 4 is 12.4 Å². The van der Waals surface area contributed by atoms with Gasteiger partial charge < -0.3 is 15.9 Å². The molecule has 1 aromatic carbocycles. The maximum absolute atomic E-state index is 13.0. The van der Waals surface area contributed by atoms with Gasteiger partial charge in [0.2, 0.25) is 0 Å². The fourth-order valence-electron chi connectivity index (χ4n) is 1.03. The zero-order chi connectivity index (χ0) is 10.0. The van der Waals surface area contributed by atoms with Gasteiger partial charge in [-0.3, -0.25) is 0 Å². The van der Waals surface area contributed by atoms with Crippen LogP contribution in [-0.2, 0) is 0 Å². The predicted molar refractivity (Wildman–Crippen MR) is 49.3 cm³/mol. The molecule has 0 bridgehead atoms. The first-order chi connectivity index (χ1) is 6.06. The van der Waals surface area contributed by atoms with E-state index in [1.807, 2.05) is 0 Å². The van der Waals surface area contributed by atoms with Crippen LogP contribution in [0.4, 0.5) is 8.78 Å². The van der Waals surface area contributed by atoms with Crippen molar-refractivity contribution in [3.63, 3.8) is 0 Å². The van der Waals surface area contributed by atoms with E-state index >= 15 is 0 Å². The second-order valence-electron chi connectivity index (χ2n) is 2.61. The van der Waals surface area contributed by atoms with Gasteiger partial charge in [-0.05, 0) is 0 Å². The number of benzene rings is 1. The first-order valence-electron chi connectivity index (χ1n) is 3.60. The van der Waals surface area contributed by atoms with Gasteiger partial charge in [-0.25, -0.2) is 8.78 Å². The number of phenolic OH excluding ortho intramolecular Hbond substituents is 1. The molecule has 14 heavy (non-hydrogen) atoms. The van der Waals surface area contributed by atoms with Gasteiger partial charge in [0.05, 0.1) is 12.6 Å². The maximum atomic E-state index is 13.0. The molecule has 0 radical (unpaired) electrons. The topological polar surface area (TPSA) is 66.5 Å². The van der Waals surface area contributed by atoms with Gasteiger partial charge >= 0.3 is 0 Å². The third kappa shape index (κ3) is 2.54. The van der Waals surface area contributed by atoms with E-state index in [1.54, 1.807) is 0 Å². The molecule has 4 N–H and O–H groups in total. The average Bonchev–Trinajstić information content (AvgIpc) is 2.02. The maximum Gasteiger partial charge on any atom is 0.134 e. The molecule has 80 valence electrons. The summed E-state index contributed by atoms with van der Waals surface area (Å²) in [5.41, 5.74) is 5.00. The molecule has 3 nitrogen and oxygen atoms in total. The Morgan fingerprint density at radius 1 is 1.36 bits per heavy atom. The Hall–Kier alpha value is -0.910. The molecule has 0 unspecified atom stereocenters. The van der Waals surface area contributed by atoms with Crippen LogP contribution in [0.25, 0.3) is 0 Å². The zero-order valence-corrected chi connectivity index (χ0v) is 7.89. The lowest BCUT2D eigenvalue weighted by molar-refractivity contribution is 0.262. The number of halogens is 3. The van der Waals surface area contributed by atoms with Gasteiger partial charge in [-0.1, -0.05) is 0 Å². The van der Waals surface area contributed by atoms with Gasteiger partial charge in [0.15, 0.2) is 0 Å². The number of rotatable bonds is 2. The van der Waals surface area contributed by atoms with Gasteiger partial charge in [-0.15, -0.1) is 12.4 Å². The summed E-state index contributed by atoms with van der Waals surface area (Å²) in [6.07, 6.45) is 0. The molecule has 0 spiro atoms. The van der Waals surface area contributed by atoms with E-state index in [0.29, 0.717) is 6.07 Å². The van der Waals surface area contributed by atoms with Crippen LogP contribution in [0.5, 0.6) is 5.75 Å². The van der Waals surface area contributed by atoms with E-state index in [2.05, 4.69) is 0 Å². The van der Waals surface area contributed by atoms with Crippen molar-refractivity contribution in [2.24, 2.45) is 5.73 Å². The normalized spacial score (nSPS) is 12.0. The second kappa shape index (κ2) is 5.09. The minimum atomic E-state index is -1.04.